The molecule has 7 nitrogen and oxygen atoms in total. The van der Waals surface area contributed by atoms with E-state index in [-0.39, 0.29) is 0 Å². The highest BCUT2D eigenvalue weighted by Gasteiger charge is 2.15. The Kier molecular flexibility index (Phi) is 5.02. The van der Waals surface area contributed by atoms with Gasteiger partial charge in [-0.3, -0.25) is 10.00 Å². The molecule has 1 fully saturated rings. The lowest BCUT2D eigenvalue weighted by molar-refractivity contribution is 0.0342. The van der Waals surface area contributed by atoms with Crippen molar-refractivity contribution in [2.45, 2.75) is 6.54 Å². The van der Waals surface area contributed by atoms with Gasteiger partial charge in [0.25, 0.3) is 0 Å². The molecule has 1 aliphatic heterocycles. The van der Waals surface area contributed by atoms with Gasteiger partial charge in [-0.25, -0.2) is 4.98 Å². The SMILES string of the molecule is Nc1n[nH]c2c(Cl)cc(-c3ccnc4[nH]c(-c5cccc(CN6CCOCC6)c5)cc34)cc12. The molecule has 5 aromatic rings. The number of nitrogens with one attached hydrogen (secondary N) is 2. The number of anilines is 1. The number of aromatic amines is 2. The number of morpholine rings is 1. The Bertz CT molecular complexity index is 1470. The Morgan fingerprint density at radius 2 is 1.91 bits per heavy atom. The molecular weight excluding hydrogens is 436 g/mol. The summed E-state index contributed by atoms with van der Waals surface area (Å²) < 4.78 is 5.47. The first-order valence-electron chi connectivity index (χ1n) is 11.0. The maximum Gasteiger partial charge on any atom is 0.153 e. The van der Waals surface area contributed by atoms with E-state index in [0.29, 0.717) is 10.8 Å². The third-order valence-corrected chi connectivity index (χ3v) is 6.54. The quantitative estimate of drug-likeness (QED) is 0.358. The van der Waals surface area contributed by atoms with Crippen LogP contribution < -0.4 is 5.73 Å². The molecule has 0 unspecified atom stereocenters. The van der Waals surface area contributed by atoms with Gasteiger partial charge in [0.2, 0.25) is 0 Å². The van der Waals surface area contributed by atoms with Crippen LogP contribution in [0.5, 0.6) is 0 Å². The second kappa shape index (κ2) is 8.19. The Labute approximate surface area is 195 Å². The molecule has 0 spiro atoms. The molecule has 4 N–H and O–H groups in total. The molecule has 3 aromatic heterocycles. The number of H-pyrrole nitrogens is 2. The van der Waals surface area contributed by atoms with Crippen LogP contribution in [0.3, 0.4) is 0 Å². The summed E-state index contributed by atoms with van der Waals surface area (Å²) in [6.07, 6.45) is 1.81. The van der Waals surface area contributed by atoms with Crippen LogP contribution in [0, 0.1) is 0 Å². The number of hydrogen-bond donors (Lipinski definition) is 3. The Hall–Kier alpha value is -3.39. The van der Waals surface area contributed by atoms with Crippen LogP contribution in [0.15, 0.2) is 54.7 Å². The lowest BCUT2D eigenvalue weighted by Crippen LogP contribution is -2.35. The van der Waals surface area contributed by atoms with Gasteiger partial charge in [-0.1, -0.05) is 29.8 Å². The van der Waals surface area contributed by atoms with Crippen LogP contribution in [0.1, 0.15) is 5.56 Å². The molecule has 0 aliphatic carbocycles. The first-order chi connectivity index (χ1) is 16.2. The number of fused-ring (bicyclic) bond motifs is 2. The molecule has 0 atom stereocenters. The molecule has 2 aromatic carbocycles. The molecule has 0 saturated carbocycles. The lowest BCUT2D eigenvalue weighted by Gasteiger charge is -2.26. The van der Waals surface area contributed by atoms with E-state index in [9.17, 15) is 0 Å². The summed E-state index contributed by atoms with van der Waals surface area (Å²) in [5.74, 6) is 0.436. The number of hydrogen-bond acceptors (Lipinski definition) is 5. The summed E-state index contributed by atoms with van der Waals surface area (Å²) >= 11 is 6.51. The van der Waals surface area contributed by atoms with Gasteiger partial charge in [0.15, 0.2) is 5.82 Å². The largest absolute Gasteiger partial charge is 0.382 e. The minimum atomic E-state index is 0.436. The van der Waals surface area contributed by atoms with E-state index in [1.165, 1.54) is 5.56 Å². The average molecular weight is 459 g/mol. The van der Waals surface area contributed by atoms with Crippen molar-refractivity contribution < 1.29 is 4.74 Å². The van der Waals surface area contributed by atoms with Crippen molar-refractivity contribution in [1.29, 1.82) is 0 Å². The molecule has 1 aliphatic rings. The van der Waals surface area contributed by atoms with Gasteiger partial charge < -0.3 is 15.5 Å². The number of halogens is 1. The first kappa shape index (κ1) is 20.2. The monoisotopic (exact) mass is 458 g/mol. The Balaban J connectivity index is 1.39. The molecule has 33 heavy (non-hydrogen) atoms. The number of nitrogen functional groups attached to an aromatic ring is 1. The summed E-state index contributed by atoms with van der Waals surface area (Å²) in [5, 5.41) is 9.41. The van der Waals surface area contributed by atoms with E-state index >= 15 is 0 Å². The van der Waals surface area contributed by atoms with Crippen LogP contribution in [0.25, 0.3) is 44.3 Å². The van der Waals surface area contributed by atoms with Crippen molar-refractivity contribution in [2.75, 3.05) is 32.0 Å². The van der Waals surface area contributed by atoms with E-state index in [2.05, 4.69) is 55.4 Å². The topological polar surface area (TPSA) is 95.8 Å². The molecule has 6 rings (SSSR count). The Morgan fingerprint density at radius 1 is 1.03 bits per heavy atom. The van der Waals surface area contributed by atoms with Crippen molar-refractivity contribution in [2.24, 2.45) is 0 Å². The number of aromatic nitrogens is 4. The smallest absolute Gasteiger partial charge is 0.153 e. The number of ether oxygens (including phenoxy) is 1. The van der Waals surface area contributed by atoms with Gasteiger partial charge in [-0.15, -0.1) is 0 Å². The highest BCUT2D eigenvalue weighted by atomic mass is 35.5. The number of rotatable bonds is 4. The normalized spacial score (nSPS) is 14.9. The number of pyridine rings is 1. The minimum absolute atomic E-state index is 0.436. The second-order valence-corrected chi connectivity index (χ2v) is 8.79. The van der Waals surface area contributed by atoms with Crippen LogP contribution >= 0.6 is 11.6 Å². The molecule has 0 radical (unpaired) electrons. The maximum absolute atomic E-state index is 6.51. The van der Waals surface area contributed by atoms with Gasteiger partial charge in [0.05, 0.1) is 23.8 Å². The summed E-state index contributed by atoms with van der Waals surface area (Å²) in [4.78, 5) is 10.5. The fourth-order valence-electron chi connectivity index (χ4n) is 4.54. The standard InChI is InChI=1S/C25H23ClN6O/c26-21-12-17(11-20-23(21)30-31-24(20)27)18-4-5-28-25-19(18)13-22(29-25)16-3-1-2-15(10-16)14-32-6-8-33-9-7-32/h1-5,10-13H,6-9,14H2,(H,28,29)(H3,27,30,31). The van der Waals surface area contributed by atoms with Gasteiger partial charge in [0, 0.05) is 42.3 Å². The molecule has 166 valence electrons. The van der Waals surface area contributed by atoms with Crippen molar-refractivity contribution in [3.63, 3.8) is 0 Å². The maximum atomic E-state index is 6.51. The third-order valence-electron chi connectivity index (χ3n) is 6.25. The van der Waals surface area contributed by atoms with Crippen LogP contribution in [0.2, 0.25) is 5.02 Å². The first-order valence-corrected chi connectivity index (χ1v) is 11.3. The van der Waals surface area contributed by atoms with Gasteiger partial charge in [-0.05, 0) is 52.6 Å². The third kappa shape index (κ3) is 3.74. The summed E-state index contributed by atoms with van der Waals surface area (Å²) in [6, 6.07) is 16.8. The fraction of sp³-hybridized carbons (Fsp3) is 0.200. The van der Waals surface area contributed by atoms with Gasteiger partial charge >= 0.3 is 0 Å². The minimum Gasteiger partial charge on any atom is -0.382 e. The van der Waals surface area contributed by atoms with Crippen molar-refractivity contribution in [1.82, 2.24) is 25.1 Å². The van der Waals surface area contributed by atoms with E-state index < -0.39 is 0 Å². The molecule has 4 heterocycles. The van der Waals surface area contributed by atoms with E-state index in [1.807, 2.05) is 24.4 Å². The highest BCUT2D eigenvalue weighted by molar-refractivity contribution is 6.35. The number of benzene rings is 2. The van der Waals surface area contributed by atoms with Crippen LogP contribution in [0.4, 0.5) is 5.82 Å². The van der Waals surface area contributed by atoms with Crippen molar-refractivity contribution >= 4 is 39.4 Å². The van der Waals surface area contributed by atoms with Crippen molar-refractivity contribution in [3.8, 4) is 22.4 Å². The van der Waals surface area contributed by atoms with E-state index in [4.69, 9.17) is 22.1 Å². The number of nitrogens with two attached hydrogens (primary N) is 1. The fourth-order valence-corrected chi connectivity index (χ4v) is 4.80. The van der Waals surface area contributed by atoms with E-state index in [1.54, 1.807) is 0 Å². The molecule has 0 amide bonds. The molecule has 8 heteroatoms. The van der Waals surface area contributed by atoms with Crippen LogP contribution in [-0.4, -0.2) is 51.4 Å². The Morgan fingerprint density at radius 3 is 2.79 bits per heavy atom. The lowest BCUT2D eigenvalue weighted by atomic mass is 10.0. The van der Waals surface area contributed by atoms with Gasteiger partial charge in [0.1, 0.15) is 5.65 Å². The molecule has 0 bridgehead atoms. The summed E-state index contributed by atoms with van der Waals surface area (Å²) in [7, 11) is 0. The van der Waals surface area contributed by atoms with Crippen LogP contribution in [-0.2, 0) is 11.3 Å². The highest BCUT2D eigenvalue weighted by Crippen LogP contribution is 2.36. The zero-order valence-corrected chi connectivity index (χ0v) is 18.7. The molecule has 1 saturated heterocycles. The number of nitrogens with zero attached hydrogens (tertiary/aromatic N) is 3. The van der Waals surface area contributed by atoms with Crippen molar-refractivity contribution in [3.05, 3.63) is 65.3 Å². The molecular formula is C25H23ClN6O. The summed E-state index contributed by atoms with van der Waals surface area (Å²) in [5.41, 5.74) is 13.1. The zero-order chi connectivity index (χ0) is 22.4. The van der Waals surface area contributed by atoms with E-state index in [0.717, 1.165) is 77.2 Å². The zero-order valence-electron chi connectivity index (χ0n) is 17.9. The average Bonchev–Trinajstić information content (AvgIpc) is 3.44. The predicted molar refractivity (Wildman–Crippen MR) is 132 cm³/mol. The summed E-state index contributed by atoms with van der Waals surface area (Å²) in [6.45, 7) is 4.47. The predicted octanol–water partition coefficient (Wildman–Crippen LogP) is 4.84. The second-order valence-electron chi connectivity index (χ2n) is 8.38. The van der Waals surface area contributed by atoms with Gasteiger partial charge in [-0.2, -0.15) is 5.10 Å².